The second-order valence-corrected chi connectivity index (χ2v) is 11.1. The van der Waals surface area contributed by atoms with E-state index < -0.39 is 22.7 Å². The van der Waals surface area contributed by atoms with E-state index in [-0.39, 0.29) is 30.5 Å². The average Bonchev–Trinajstić information content (AvgIpc) is 3.31. The number of non-ortho nitro benzene ring substituents is 1. The maximum absolute atomic E-state index is 12.1. The van der Waals surface area contributed by atoms with E-state index in [1.165, 1.54) is 35.9 Å². The summed E-state index contributed by atoms with van der Waals surface area (Å²) in [6.07, 6.45) is 3.19. The van der Waals surface area contributed by atoms with Crippen LogP contribution in [-0.4, -0.2) is 52.2 Å². The summed E-state index contributed by atoms with van der Waals surface area (Å²) in [5.41, 5.74) is 16.9. The van der Waals surface area contributed by atoms with Crippen LogP contribution < -0.4 is 26.6 Å². The van der Waals surface area contributed by atoms with Crippen molar-refractivity contribution >= 4 is 40.5 Å². The van der Waals surface area contributed by atoms with Gasteiger partial charge in [-0.15, -0.1) is 5.06 Å². The molecule has 2 amide bonds. The fraction of sp³-hybridized carbons (Fsp3) is 0.387. The number of ether oxygens (including phenoxy) is 1. The number of hydrogen-bond acceptors (Lipinski definition) is 12. The Morgan fingerprint density at radius 2 is 1.80 bits per heavy atom. The minimum atomic E-state index is -0.577. The number of rotatable bonds is 9. The molecule has 1 unspecified atom stereocenters. The molecule has 1 fully saturated rings. The molecule has 244 valence electrons. The van der Waals surface area contributed by atoms with Crippen molar-refractivity contribution in [1.82, 2.24) is 10.5 Å². The fourth-order valence-corrected chi connectivity index (χ4v) is 4.96. The van der Waals surface area contributed by atoms with Gasteiger partial charge in [-0.05, 0) is 62.4 Å². The Kier molecular flexibility index (Phi) is 12.9. The number of hydroxylamine groups is 3. The van der Waals surface area contributed by atoms with Crippen LogP contribution in [0.3, 0.4) is 0 Å². The molecule has 4 rings (SSSR count). The number of carbonyl (C=O) groups excluding carboxylic acids is 3. The first kappa shape index (κ1) is 36.1. The molecule has 2 aromatic carbocycles. The van der Waals surface area contributed by atoms with Crippen molar-refractivity contribution in [3.63, 3.8) is 0 Å². The summed E-state index contributed by atoms with van der Waals surface area (Å²) < 4.78 is 5.40. The van der Waals surface area contributed by atoms with Gasteiger partial charge in [0, 0.05) is 60.9 Å². The van der Waals surface area contributed by atoms with Crippen LogP contribution in [0.15, 0.2) is 61.3 Å². The molecule has 45 heavy (non-hydrogen) atoms. The second-order valence-electron chi connectivity index (χ2n) is 11.1. The van der Waals surface area contributed by atoms with Gasteiger partial charge >= 0.3 is 5.97 Å². The van der Waals surface area contributed by atoms with Crippen molar-refractivity contribution in [3.8, 4) is 5.75 Å². The molecule has 0 saturated carbocycles. The number of nitrogen functional groups attached to an aromatic ring is 2. The topological polar surface area (TPSA) is 204 Å². The highest BCUT2D eigenvalue weighted by atomic mass is 16.7. The van der Waals surface area contributed by atoms with Gasteiger partial charge in [-0.3, -0.25) is 30.4 Å². The number of nitro groups is 1. The van der Waals surface area contributed by atoms with Crippen molar-refractivity contribution in [2.45, 2.75) is 64.3 Å². The third-order valence-electron chi connectivity index (χ3n) is 7.19. The van der Waals surface area contributed by atoms with Crippen LogP contribution in [0.4, 0.5) is 22.7 Å². The number of nitrogens with one attached hydrogen (secondary N) is 1. The number of methoxy groups -OCH3 is 1. The SMILES string of the molecule is C=CC(=C)NO.COc1cc2c(cc1N)C(C)CC(C)(C)N2CCCC(=O)ON1C(=O)CCC1=O.Nc1ccc([N+](=O)[O-])cc1. The molecule has 0 aromatic heterocycles. The summed E-state index contributed by atoms with van der Waals surface area (Å²) >= 11 is 0. The fourth-order valence-electron chi connectivity index (χ4n) is 4.96. The number of amides is 2. The molecular formula is C31H42N6O8. The van der Waals surface area contributed by atoms with Crippen LogP contribution in [0.25, 0.3) is 0 Å². The van der Waals surface area contributed by atoms with Crippen LogP contribution >= 0.6 is 0 Å². The molecule has 0 spiro atoms. The number of fused-ring (bicyclic) bond motifs is 1. The van der Waals surface area contributed by atoms with Gasteiger partial charge in [-0.1, -0.05) is 20.1 Å². The quantitative estimate of drug-likeness (QED) is 0.0991. The summed E-state index contributed by atoms with van der Waals surface area (Å²) in [5, 5.41) is 18.6. The Hall–Kier alpha value is -5.11. The zero-order valence-corrected chi connectivity index (χ0v) is 26.1. The Bertz CT molecular complexity index is 1390. The molecule has 0 bridgehead atoms. The summed E-state index contributed by atoms with van der Waals surface area (Å²) in [6.45, 7) is 13.8. The van der Waals surface area contributed by atoms with Crippen molar-refractivity contribution in [1.29, 1.82) is 0 Å². The number of nitro benzene ring substituents is 1. The Morgan fingerprint density at radius 1 is 1.20 bits per heavy atom. The minimum Gasteiger partial charge on any atom is -0.495 e. The van der Waals surface area contributed by atoms with Gasteiger partial charge in [0.15, 0.2) is 0 Å². The second kappa shape index (κ2) is 16.1. The van der Waals surface area contributed by atoms with Crippen molar-refractivity contribution in [3.05, 3.63) is 77.0 Å². The summed E-state index contributed by atoms with van der Waals surface area (Å²) in [4.78, 5) is 52.1. The van der Waals surface area contributed by atoms with E-state index in [0.29, 0.717) is 46.8 Å². The number of benzene rings is 2. The molecule has 0 aliphatic carbocycles. The number of hydrogen-bond donors (Lipinski definition) is 4. The average molecular weight is 627 g/mol. The maximum Gasteiger partial charge on any atom is 0.333 e. The van der Waals surface area contributed by atoms with Crippen LogP contribution in [0, 0.1) is 10.1 Å². The molecular weight excluding hydrogens is 584 g/mol. The van der Waals surface area contributed by atoms with E-state index in [2.05, 4.69) is 38.8 Å². The Labute approximate surface area is 262 Å². The number of allylic oxidation sites excluding steroid dienone is 1. The highest BCUT2D eigenvalue weighted by Gasteiger charge is 2.37. The third kappa shape index (κ3) is 9.96. The number of nitrogens with two attached hydrogens (primary N) is 2. The molecule has 14 heteroatoms. The molecule has 6 N–H and O–H groups in total. The van der Waals surface area contributed by atoms with E-state index in [1.807, 2.05) is 12.1 Å². The van der Waals surface area contributed by atoms with Gasteiger partial charge < -0.3 is 25.9 Å². The van der Waals surface area contributed by atoms with Crippen molar-refractivity contribution < 1.29 is 34.1 Å². The molecule has 2 aliphatic rings. The van der Waals surface area contributed by atoms with Gasteiger partial charge in [0.05, 0.1) is 23.4 Å². The summed E-state index contributed by atoms with van der Waals surface area (Å²) in [7, 11) is 1.59. The lowest BCUT2D eigenvalue weighted by Crippen LogP contribution is -2.49. The minimum absolute atomic E-state index is 0.0641. The van der Waals surface area contributed by atoms with E-state index in [1.54, 1.807) is 12.6 Å². The zero-order valence-electron chi connectivity index (χ0n) is 26.1. The largest absolute Gasteiger partial charge is 0.495 e. The van der Waals surface area contributed by atoms with Crippen LogP contribution in [-0.2, 0) is 19.2 Å². The lowest BCUT2D eigenvalue weighted by Gasteiger charge is -2.48. The molecule has 14 nitrogen and oxygen atoms in total. The highest BCUT2D eigenvalue weighted by molar-refractivity contribution is 6.01. The summed E-state index contributed by atoms with van der Waals surface area (Å²) in [5.74, 6) is -0.529. The van der Waals surface area contributed by atoms with E-state index >= 15 is 0 Å². The van der Waals surface area contributed by atoms with Gasteiger partial charge in [0.25, 0.3) is 17.5 Å². The molecule has 2 aliphatic heterocycles. The number of carbonyl (C=O) groups is 3. The van der Waals surface area contributed by atoms with Gasteiger partial charge in [0.2, 0.25) is 0 Å². The maximum atomic E-state index is 12.1. The first-order valence-corrected chi connectivity index (χ1v) is 14.2. The van der Waals surface area contributed by atoms with Crippen LogP contribution in [0.1, 0.15) is 64.4 Å². The standard InChI is InChI=1S/C21H29N3O5.C6H6N2O2.C4H7NO/c1-13-12-21(2,3)23(16-11-17(28-4)15(22)10-14(13)16)9-5-6-20(27)29-24-18(25)7-8-19(24)26;7-5-1-3-6(4-2-5)8(9)10;1-3-4(2)5-6/h10-11,13H,5-9,12,22H2,1-4H3;1-4H,7H2;3,5-6H,1-2H2. The zero-order chi connectivity index (χ0) is 33.9. The first-order valence-electron chi connectivity index (χ1n) is 14.2. The normalized spacial score (nSPS) is 16.2. The van der Waals surface area contributed by atoms with Gasteiger partial charge in [-0.25, -0.2) is 4.79 Å². The highest BCUT2D eigenvalue weighted by Crippen LogP contribution is 2.46. The summed E-state index contributed by atoms with van der Waals surface area (Å²) in [6, 6.07) is 9.67. The number of nitrogens with zero attached hydrogens (tertiary/aromatic N) is 3. The third-order valence-corrected chi connectivity index (χ3v) is 7.19. The molecule has 2 heterocycles. The monoisotopic (exact) mass is 626 g/mol. The number of imide groups is 1. The van der Waals surface area contributed by atoms with E-state index in [4.69, 9.17) is 26.2 Å². The van der Waals surface area contributed by atoms with Crippen molar-refractivity contribution in [2.75, 3.05) is 30.0 Å². The predicted molar refractivity (Wildman–Crippen MR) is 170 cm³/mol. The van der Waals surface area contributed by atoms with Gasteiger partial charge in [-0.2, -0.15) is 0 Å². The molecule has 1 saturated heterocycles. The Balaban J connectivity index is 0.000000361. The number of anilines is 3. The van der Waals surface area contributed by atoms with E-state index in [0.717, 1.165) is 12.1 Å². The first-order chi connectivity index (χ1) is 21.1. The van der Waals surface area contributed by atoms with Crippen molar-refractivity contribution in [2.24, 2.45) is 0 Å². The van der Waals surface area contributed by atoms with Gasteiger partial charge in [0.1, 0.15) is 5.75 Å². The van der Waals surface area contributed by atoms with E-state index in [9.17, 15) is 24.5 Å². The van der Waals surface area contributed by atoms with Crippen LogP contribution in [0.2, 0.25) is 0 Å². The lowest BCUT2D eigenvalue weighted by atomic mass is 9.79. The molecule has 1 atom stereocenters. The lowest BCUT2D eigenvalue weighted by molar-refractivity contribution is -0.384. The molecule has 0 radical (unpaired) electrons. The smallest absolute Gasteiger partial charge is 0.333 e. The Morgan fingerprint density at radius 3 is 2.29 bits per heavy atom. The van der Waals surface area contributed by atoms with Crippen LogP contribution in [0.5, 0.6) is 5.75 Å². The molecule has 2 aromatic rings. The predicted octanol–water partition coefficient (Wildman–Crippen LogP) is 4.60.